The van der Waals surface area contributed by atoms with E-state index < -0.39 is 0 Å². The SMILES string of the molecule is O=C1Nc2ccccc2C1C1CCCCCC1. The Morgan fingerprint density at radius 1 is 1.00 bits per heavy atom. The lowest BCUT2D eigenvalue weighted by Gasteiger charge is -2.20. The molecule has 0 bridgehead atoms. The van der Waals surface area contributed by atoms with Crippen molar-refractivity contribution in [3.8, 4) is 0 Å². The molecule has 1 amide bonds. The fraction of sp³-hybridized carbons (Fsp3) is 0.533. The fourth-order valence-electron chi connectivity index (χ4n) is 3.35. The Morgan fingerprint density at radius 3 is 2.47 bits per heavy atom. The topological polar surface area (TPSA) is 29.1 Å². The van der Waals surface area contributed by atoms with Crippen molar-refractivity contribution in [1.29, 1.82) is 0 Å². The lowest BCUT2D eigenvalue weighted by Crippen LogP contribution is -2.20. The van der Waals surface area contributed by atoms with Gasteiger partial charge < -0.3 is 5.32 Å². The number of nitrogens with one attached hydrogen (secondary N) is 1. The zero-order chi connectivity index (χ0) is 11.7. The Hall–Kier alpha value is -1.31. The predicted molar refractivity (Wildman–Crippen MR) is 69.0 cm³/mol. The van der Waals surface area contributed by atoms with Crippen LogP contribution in [-0.4, -0.2) is 5.91 Å². The third-order valence-electron chi connectivity index (χ3n) is 4.21. The highest BCUT2D eigenvalue weighted by molar-refractivity contribution is 6.03. The highest BCUT2D eigenvalue weighted by Crippen LogP contribution is 2.42. The Balaban J connectivity index is 1.89. The quantitative estimate of drug-likeness (QED) is 0.731. The normalized spacial score (nSPS) is 25.2. The van der Waals surface area contributed by atoms with Gasteiger partial charge in [0.05, 0.1) is 5.92 Å². The van der Waals surface area contributed by atoms with Gasteiger partial charge in [-0.2, -0.15) is 0 Å². The van der Waals surface area contributed by atoms with Crippen molar-refractivity contribution in [3.63, 3.8) is 0 Å². The summed E-state index contributed by atoms with van der Waals surface area (Å²) in [6.07, 6.45) is 7.69. The fourth-order valence-corrected chi connectivity index (χ4v) is 3.35. The molecule has 1 fully saturated rings. The third kappa shape index (κ3) is 1.97. The van der Waals surface area contributed by atoms with Crippen LogP contribution < -0.4 is 5.32 Å². The minimum Gasteiger partial charge on any atom is -0.325 e. The van der Waals surface area contributed by atoms with Gasteiger partial charge in [-0.15, -0.1) is 0 Å². The van der Waals surface area contributed by atoms with Gasteiger partial charge in [-0.25, -0.2) is 0 Å². The molecule has 1 N–H and O–H groups in total. The van der Waals surface area contributed by atoms with Crippen LogP contribution in [-0.2, 0) is 4.79 Å². The molecule has 0 aromatic heterocycles. The molecule has 1 aliphatic carbocycles. The maximum Gasteiger partial charge on any atom is 0.232 e. The molecule has 2 aliphatic rings. The Morgan fingerprint density at radius 2 is 1.71 bits per heavy atom. The number of para-hydroxylation sites is 1. The van der Waals surface area contributed by atoms with Crippen molar-refractivity contribution >= 4 is 11.6 Å². The van der Waals surface area contributed by atoms with Crippen molar-refractivity contribution in [2.24, 2.45) is 5.92 Å². The van der Waals surface area contributed by atoms with Crippen LogP contribution in [0.5, 0.6) is 0 Å². The van der Waals surface area contributed by atoms with Gasteiger partial charge in [0.2, 0.25) is 5.91 Å². The van der Waals surface area contributed by atoms with Crippen LogP contribution in [0, 0.1) is 5.92 Å². The average Bonchev–Trinajstić information content (AvgIpc) is 2.53. The van der Waals surface area contributed by atoms with Gasteiger partial charge in [-0.3, -0.25) is 4.79 Å². The van der Waals surface area contributed by atoms with E-state index >= 15 is 0 Å². The second kappa shape index (κ2) is 4.52. The molecule has 90 valence electrons. The van der Waals surface area contributed by atoms with Crippen LogP contribution in [0.1, 0.15) is 50.0 Å². The van der Waals surface area contributed by atoms with E-state index in [-0.39, 0.29) is 11.8 Å². The van der Waals surface area contributed by atoms with E-state index in [0.29, 0.717) is 5.92 Å². The van der Waals surface area contributed by atoms with Gasteiger partial charge in [0, 0.05) is 5.69 Å². The van der Waals surface area contributed by atoms with E-state index in [0.717, 1.165) is 5.69 Å². The van der Waals surface area contributed by atoms with E-state index in [9.17, 15) is 4.79 Å². The van der Waals surface area contributed by atoms with Crippen molar-refractivity contribution < 1.29 is 4.79 Å². The Bertz CT molecular complexity index is 419. The summed E-state index contributed by atoms with van der Waals surface area (Å²) in [6, 6.07) is 8.17. The maximum atomic E-state index is 12.1. The summed E-state index contributed by atoms with van der Waals surface area (Å²) in [7, 11) is 0. The molecular weight excluding hydrogens is 210 g/mol. The minimum absolute atomic E-state index is 0.115. The highest BCUT2D eigenvalue weighted by Gasteiger charge is 2.36. The lowest BCUT2D eigenvalue weighted by molar-refractivity contribution is -0.118. The largest absolute Gasteiger partial charge is 0.325 e. The first-order valence-electron chi connectivity index (χ1n) is 6.76. The van der Waals surface area contributed by atoms with Crippen LogP contribution in [0.3, 0.4) is 0 Å². The first-order chi connectivity index (χ1) is 8.36. The number of hydrogen-bond acceptors (Lipinski definition) is 1. The second-order valence-electron chi connectivity index (χ2n) is 5.31. The molecule has 2 nitrogen and oxygen atoms in total. The summed E-state index contributed by atoms with van der Waals surface area (Å²) in [4.78, 5) is 12.1. The molecule has 1 aliphatic heterocycles. The van der Waals surface area contributed by atoms with E-state index in [1.165, 1.54) is 44.1 Å². The van der Waals surface area contributed by atoms with Crippen molar-refractivity contribution in [3.05, 3.63) is 29.8 Å². The molecule has 1 heterocycles. The third-order valence-corrected chi connectivity index (χ3v) is 4.21. The molecule has 2 heteroatoms. The van der Waals surface area contributed by atoms with E-state index in [1.54, 1.807) is 0 Å². The van der Waals surface area contributed by atoms with Gasteiger partial charge in [-0.05, 0) is 30.4 Å². The number of fused-ring (bicyclic) bond motifs is 1. The van der Waals surface area contributed by atoms with Crippen LogP contribution >= 0.6 is 0 Å². The molecule has 1 aromatic carbocycles. The summed E-state index contributed by atoms with van der Waals surface area (Å²) < 4.78 is 0. The van der Waals surface area contributed by atoms with Crippen molar-refractivity contribution in [2.45, 2.75) is 44.4 Å². The number of hydrogen-bond donors (Lipinski definition) is 1. The molecule has 1 saturated carbocycles. The summed E-state index contributed by atoms with van der Waals surface area (Å²) in [5.41, 5.74) is 2.26. The smallest absolute Gasteiger partial charge is 0.232 e. The van der Waals surface area contributed by atoms with E-state index in [2.05, 4.69) is 11.4 Å². The molecule has 0 radical (unpaired) electrons. The number of benzene rings is 1. The van der Waals surface area contributed by atoms with Crippen LogP contribution in [0.25, 0.3) is 0 Å². The maximum absolute atomic E-state index is 12.1. The molecule has 3 rings (SSSR count). The van der Waals surface area contributed by atoms with Gasteiger partial charge in [0.1, 0.15) is 0 Å². The predicted octanol–water partition coefficient (Wildman–Crippen LogP) is 3.69. The molecule has 0 spiro atoms. The standard InChI is InChI=1S/C15H19NO/c17-15-14(11-7-3-1-2-4-8-11)12-9-5-6-10-13(12)16-15/h5-6,9-11,14H,1-4,7-8H2,(H,16,17). The summed E-state index contributed by atoms with van der Waals surface area (Å²) in [6.45, 7) is 0. The van der Waals surface area contributed by atoms with Crippen LogP contribution in [0.2, 0.25) is 0 Å². The van der Waals surface area contributed by atoms with Gasteiger partial charge in [0.25, 0.3) is 0 Å². The molecule has 1 atom stereocenters. The molecule has 1 unspecified atom stereocenters. The first kappa shape index (κ1) is 10.8. The number of carbonyl (C=O) groups excluding carboxylic acids is 1. The van der Waals surface area contributed by atoms with Gasteiger partial charge >= 0.3 is 0 Å². The molecule has 1 aromatic rings. The monoisotopic (exact) mass is 229 g/mol. The minimum atomic E-state index is 0.115. The average molecular weight is 229 g/mol. The molecule has 17 heavy (non-hydrogen) atoms. The number of rotatable bonds is 1. The summed E-state index contributed by atoms with van der Waals surface area (Å²) in [5, 5.41) is 3.03. The second-order valence-corrected chi connectivity index (χ2v) is 5.31. The van der Waals surface area contributed by atoms with Crippen LogP contribution in [0.15, 0.2) is 24.3 Å². The Kier molecular flexibility index (Phi) is 2.87. The van der Waals surface area contributed by atoms with Crippen molar-refractivity contribution in [2.75, 3.05) is 5.32 Å². The van der Waals surface area contributed by atoms with Crippen molar-refractivity contribution in [1.82, 2.24) is 0 Å². The zero-order valence-corrected chi connectivity index (χ0v) is 10.1. The number of anilines is 1. The summed E-state index contributed by atoms with van der Waals surface area (Å²) in [5.74, 6) is 0.892. The van der Waals surface area contributed by atoms with Crippen LogP contribution in [0.4, 0.5) is 5.69 Å². The zero-order valence-electron chi connectivity index (χ0n) is 10.1. The lowest BCUT2D eigenvalue weighted by atomic mass is 9.82. The number of amides is 1. The molecular formula is C15H19NO. The first-order valence-corrected chi connectivity index (χ1v) is 6.76. The van der Waals surface area contributed by atoms with E-state index in [4.69, 9.17) is 0 Å². The van der Waals surface area contributed by atoms with Gasteiger partial charge in [-0.1, -0.05) is 43.9 Å². The van der Waals surface area contributed by atoms with Gasteiger partial charge in [0.15, 0.2) is 0 Å². The van der Waals surface area contributed by atoms with E-state index in [1.807, 2.05) is 18.2 Å². The Labute approximate surface area is 102 Å². The number of carbonyl (C=O) groups is 1. The summed E-state index contributed by atoms with van der Waals surface area (Å²) >= 11 is 0. The molecule has 0 saturated heterocycles. The highest BCUT2D eigenvalue weighted by atomic mass is 16.2.